The van der Waals surface area contributed by atoms with Crippen LogP contribution in [0.15, 0.2) is 12.3 Å². The number of nitrogens with zero attached hydrogens (tertiary/aromatic N) is 1. The summed E-state index contributed by atoms with van der Waals surface area (Å²) in [5.74, 6) is -1.55. The zero-order valence-corrected chi connectivity index (χ0v) is 5.76. The van der Waals surface area contributed by atoms with Gasteiger partial charge in [0.25, 0.3) is 0 Å². The van der Waals surface area contributed by atoms with Gasteiger partial charge in [-0.25, -0.2) is 4.98 Å². The van der Waals surface area contributed by atoms with Crippen molar-refractivity contribution in [3.63, 3.8) is 0 Å². The van der Waals surface area contributed by atoms with Gasteiger partial charge in [0.15, 0.2) is 11.6 Å². The fourth-order valence-corrected chi connectivity index (χ4v) is 0.699. The molecule has 0 unspecified atom stereocenters. The minimum atomic E-state index is -4.60. The molecule has 0 saturated carbocycles. The van der Waals surface area contributed by atoms with Gasteiger partial charge in [0.05, 0.1) is 0 Å². The third kappa shape index (κ3) is 1.41. The van der Waals surface area contributed by atoms with E-state index in [0.29, 0.717) is 6.07 Å². The van der Waals surface area contributed by atoms with Crippen LogP contribution in [0.5, 0.6) is 5.75 Å². The van der Waals surface area contributed by atoms with Crippen LogP contribution in [0.3, 0.4) is 0 Å². The summed E-state index contributed by atoms with van der Waals surface area (Å²) in [5, 5.41) is 8.83. The Labute approximate surface area is 65.6 Å². The lowest BCUT2D eigenvalue weighted by Gasteiger charge is -2.08. The largest absolute Gasteiger partial charge is 0.504 e. The average molecular weight is 178 g/mol. The van der Waals surface area contributed by atoms with E-state index in [1.807, 2.05) is 0 Å². The van der Waals surface area contributed by atoms with Crippen molar-refractivity contribution in [3.8, 4) is 5.75 Å². The molecule has 1 rings (SSSR count). The first-order valence-corrected chi connectivity index (χ1v) is 2.93. The molecule has 3 nitrogen and oxygen atoms in total. The Morgan fingerprint density at radius 1 is 1.42 bits per heavy atom. The molecule has 3 N–H and O–H groups in total. The predicted octanol–water partition coefficient (Wildman–Crippen LogP) is 1.39. The number of rotatable bonds is 0. The smallest absolute Gasteiger partial charge is 0.420 e. The molecule has 0 fully saturated rings. The fraction of sp³-hybridized carbons (Fsp3) is 0.167. The third-order valence-corrected chi connectivity index (χ3v) is 1.26. The minimum Gasteiger partial charge on any atom is -0.504 e. The molecular weight excluding hydrogens is 173 g/mol. The number of pyridine rings is 1. The van der Waals surface area contributed by atoms with Crippen LogP contribution in [0, 0.1) is 0 Å². The van der Waals surface area contributed by atoms with Gasteiger partial charge in [0.2, 0.25) is 0 Å². The molecule has 0 aromatic carbocycles. The highest BCUT2D eigenvalue weighted by molar-refractivity contribution is 5.50. The highest BCUT2D eigenvalue weighted by Crippen LogP contribution is 2.37. The number of aromatic hydroxyl groups is 1. The normalized spacial score (nSPS) is 11.6. The number of halogens is 3. The first-order valence-electron chi connectivity index (χ1n) is 2.93. The van der Waals surface area contributed by atoms with Crippen LogP contribution in [0.2, 0.25) is 0 Å². The lowest BCUT2D eigenvalue weighted by molar-refractivity contribution is -0.138. The van der Waals surface area contributed by atoms with Crippen molar-refractivity contribution in [2.75, 3.05) is 5.73 Å². The molecule has 12 heavy (non-hydrogen) atoms. The van der Waals surface area contributed by atoms with E-state index >= 15 is 0 Å². The molecule has 0 bridgehead atoms. The minimum absolute atomic E-state index is 0.523. The Morgan fingerprint density at radius 3 is 2.42 bits per heavy atom. The van der Waals surface area contributed by atoms with E-state index in [0.717, 1.165) is 6.20 Å². The zero-order chi connectivity index (χ0) is 9.35. The average Bonchev–Trinajstić information content (AvgIpc) is 1.92. The molecule has 0 atom stereocenters. The predicted molar refractivity (Wildman–Crippen MR) is 35.3 cm³/mol. The van der Waals surface area contributed by atoms with Crippen molar-refractivity contribution in [2.24, 2.45) is 0 Å². The number of nitrogen functional groups attached to an aromatic ring is 1. The van der Waals surface area contributed by atoms with Crippen LogP contribution in [-0.2, 0) is 6.18 Å². The quantitative estimate of drug-likeness (QED) is 0.631. The van der Waals surface area contributed by atoms with Crippen LogP contribution in [0.1, 0.15) is 5.56 Å². The number of hydrogen-bond acceptors (Lipinski definition) is 3. The first kappa shape index (κ1) is 8.63. The van der Waals surface area contributed by atoms with E-state index < -0.39 is 23.3 Å². The summed E-state index contributed by atoms with van der Waals surface area (Å²) < 4.78 is 36.0. The molecule has 0 aliphatic rings. The maximum Gasteiger partial charge on any atom is 0.420 e. The molecule has 0 amide bonds. The third-order valence-electron chi connectivity index (χ3n) is 1.26. The molecule has 6 heteroatoms. The van der Waals surface area contributed by atoms with Gasteiger partial charge < -0.3 is 10.8 Å². The monoisotopic (exact) mass is 178 g/mol. The Bertz CT molecular complexity index is 297. The maximum absolute atomic E-state index is 12.0. The number of hydrogen-bond donors (Lipinski definition) is 2. The van der Waals surface area contributed by atoms with E-state index in [1.165, 1.54) is 0 Å². The van der Waals surface area contributed by atoms with E-state index in [4.69, 9.17) is 10.8 Å². The first-order chi connectivity index (χ1) is 5.43. The van der Waals surface area contributed by atoms with Crippen molar-refractivity contribution in [3.05, 3.63) is 17.8 Å². The van der Waals surface area contributed by atoms with Gasteiger partial charge in [0, 0.05) is 6.20 Å². The van der Waals surface area contributed by atoms with E-state index in [1.54, 1.807) is 0 Å². The molecule has 0 aliphatic carbocycles. The molecule has 0 radical (unpaired) electrons. The van der Waals surface area contributed by atoms with Crippen LogP contribution >= 0.6 is 0 Å². The summed E-state index contributed by atoms with van der Waals surface area (Å²) >= 11 is 0. The number of alkyl halides is 3. The molecule has 0 spiro atoms. The molecule has 66 valence electrons. The van der Waals surface area contributed by atoms with Crippen molar-refractivity contribution in [1.29, 1.82) is 0 Å². The lowest BCUT2D eigenvalue weighted by atomic mass is 10.2. The van der Waals surface area contributed by atoms with Gasteiger partial charge in [-0.1, -0.05) is 0 Å². The number of nitrogens with two attached hydrogens (primary N) is 1. The van der Waals surface area contributed by atoms with E-state index in [-0.39, 0.29) is 0 Å². The lowest BCUT2D eigenvalue weighted by Crippen LogP contribution is -2.07. The number of aromatic nitrogens is 1. The molecule has 1 aromatic heterocycles. The summed E-state index contributed by atoms with van der Waals surface area (Å²) in [7, 11) is 0. The Kier molecular flexibility index (Phi) is 1.83. The van der Waals surface area contributed by atoms with Gasteiger partial charge >= 0.3 is 6.18 Å². The van der Waals surface area contributed by atoms with Gasteiger partial charge in [-0.3, -0.25) is 0 Å². The second-order valence-electron chi connectivity index (χ2n) is 2.09. The van der Waals surface area contributed by atoms with Crippen molar-refractivity contribution < 1.29 is 18.3 Å². The van der Waals surface area contributed by atoms with Gasteiger partial charge in [-0.2, -0.15) is 13.2 Å². The molecule has 0 aliphatic heterocycles. The zero-order valence-electron chi connectivity index (χ0n) is 5.76. The molecule has 1 aromatic rings. The van der Waals surface area contributed by atoms with Crippen molar-refractivity contribution in [2.45, 2.75) is 6.18 Å². The second kappa shape index (κ2) is 2.54. The highest BCUT2D eigenvalue weighted by Gasteiger charge is 2.34. The highest BCUT2D eigenvalue weighted by atomic mass is 19.4. The topological polar surface area (TPSA) is 59.1 Å². The van der Waals surface area contributed by atoms with Gasteiger partial charge in [-0.05, 0) is 6.07 Å². The Morgan fingerprint density at radius 2 is 2.00 bits per heavy atom. The van der Waals surface area contributed by atoms with Crippen molar-refractivity contribution in [1.82, 2.24) is 4.98 Å². The second-order valence-corrected chi connectivity index (χ2v) is 2.09. The van der Waals surface area contributed by atoms with Crippen molar-refractivity contribution >= 4 is 5.82 Å². The SMILES string of the molecule is Nc1nccc(C(F)(F)F)c1O. The standard InChI is InChI=1S/C6H5F3N2O/c7-6(8,9)3-1-2-11-5(10)4(3)12/h1-2,12H,(H2,10,11). The summed E-state index contributed by atoms with van der Waals surface area (Å²) in [4.78, 5) is 3.28. The summed E-state index contributed by atoms with van der Waals surface area (Å²) in [6, 6.07) is 0.658. The van der Waals surface area contributed by atoms with Crippen LogP contribution in [0.25, 0.3) is 0 Å². The fourth-order valence-electron chi connectivity index (χ4n) is 0.699. The van der Waals surface area contributed by atoms with Gasteiger partial charge in [-0.15, -0.1) is 0 Å². The molecule has 1 heterocycles. The summed E-state index contributed by atoms with van der Waals surface area (Å²) in [6.45, 7) is 0. The van der Waals surface area contributed by atoms with Crippen LogP contribution in [-0.4, -0.2) is 10.1 Å². The number of anilines is 1. The Balaban J connectivity index is 3.26. The summed E-state index contributed by atoms with van der Waals surface area (Å²) in [5.41, 5.74) is 3.78. The maximum atomic E-state index is 12.0. The molecular formula is C6H5F3N2O. The van der Waals surface area contributed by atoms with Crippen LogP contribution < -0.4 is 5.73 Å². The summed E-state index contributed by atoms with van der Waals surface area (Å²) in [6.07, 6.45) is -3.71. The van der Waals surface area contributed by atoms with Gasteiger partial charge in [0.1, 0.15) is 5.56 Å². The van der Waals surface area contributed by atoms with Crippen LogP contribution in [0.4, 0.5) is 19.0 Å². The molecule has 0 saturated heterocycles. The van der Waals surface area contributed by atoms with E-state index in [2.05, 4.69) is 4.98 Å². The Hall–Kier alpha value is -1.46. The van der Waals surface area contributed by atoms with E-state index in [9.17, 15) is 13.2 Å².